The number of aryl methyl sites for hydroxylation is 1. The quantitative estimate of drug-likeness (QED) is 0.565. The zero-order chi connectivity index (χ0) is 18.9. The van der Waals surface area contributed by atoms with Crippen molar-refractivity contribution in [2.45, 2.75) is 27.3 Å². The maximum absolute atomic E-state index is 11.9. The molecule has 0 bridgehead atoms. The molecule has 26 heavy (non-hydrogen) atoms. The molecule has 0 aliphatic rings. The van der Waals surface area contributed by atoms with E-state index in [0.717, 1.165) is 22.6 Å². The number of nitrogens with one attached hydrogen (secondary N) is 2. The van der Waals surface area contributed by atoms with Gasteiger partial charge in [-0.1, -0.05) is 18.2 Å². The largest absolute Gasteiger partial charge is 0.494 e. The van der Waals surface area contributed by atoms with E-state index in [1.807, 2.05) is 44.2 Å². The Morgan fingerprint density at radius 3 is 2.65 bits per heavy atom. The van der Waals surface area contributed by atoms with Crippen LogP contribution in [0, 0.1) is 6.92 Å². The minimum atomic E-state index is -0.345. The van der Waals surface area contributed by atoms with E-state index in [0.29, 0.717) is 30.4 Å². The molecule has 0 aliphatic heterocycles. The molecule has 0 radical (unpaired) electrons. The summed E-state index contributed by atoms with van der Waals surface area (Å²) in [5.41, 5.74) is 3.32. The van der Waals surface area contributed by atoms with E-state index < -0.39 is 0 Å². The molecule has 2 aromatic carbocycles. The summed E-state index contributed by atoms with van der Waals surface area (Å²) in [4.78, 5) is 11.9. The van der Waals surface area contributed by atoms with Crippen molar-refractivity contribution in [3.05, 3.63) is 59.2 Å². The first-order valence-corrected chi connectivity index (χ1v) is 8.98. The minimum absolute atomic E-state index is 0.344. The monoisotopic (exact) mass is 372 g/mol. The molecule has 0 aromatic heterocycles. The van der Waals surface area contributed by atoms with E-state index in [2.05, 4.69) is 10.6 Å². The Hall–Kier alpha value is -2.60. The number of carbonyl (C=O) groups is 1. The molecule has 0 saturated carbocycles. The van der Waals surface area contributed by atoms with Crippen LogP contribution in [0.25, 0.3) is 0 Å². The molecule has 0 spiro atoms. The molecule has 0 heterocycles. The second kappa shape index (κ2) is 9.77. The summed E-state index contributed by atoms with van der Waals surface area (Å²) >= 11 is 5.37. The Morgan fingerprint density at radius 1 is 1.12 bits per heavy atom. The molecule has 5 nitrogen and oxygen atoms in total. The summed E-state index contributed by atoms with van der Waals surface area (Å²) in [5, 5.41) is 6.79. The molecule has 0 saturated heterocycles. The van der Waals surface area contributed by atoms with E-state index in [4.69, 9.17) is 21.7 Å². The molecule has 6 heteroatoms. The second-order valence-electron chi connectivity index (χ2n) is 5.64. The highest BCUT2D eigenvalue weighted by Crippen LogP contribution is 2.18. The minimum Gasteiger partial charge on any atom is -0.494 e. The highest BCUT2D eigenvalue weighted by Gasteiger charge is 2.10. The highest BCUT2D eigenvalue weighted by molar-refractivity contribution is 7.80. The molecule has 0 amide bonds. The lowest BCUT2D eigenvalue weighted by Crippen LogP contribution is -2.28. The lowest BCUT2D eigenvalue weighted by atomic mass is 10.1. The zero-order valence-electron chi connectivity index (χ0n) is 15.3. The molecule has 2 N–H and O–H groups in total. The van der Waals surface area contributed by atoms with Gasteiger partial charge in [-0.15, -0.1) is 0 Å². The third-order valence-corrected chi connectivity index (χ3v) is 3.91. The molecule has 2 rings (SSSR count). The number of esters is 1. The lowest BCUT2D eigenvalue weighted by Gasteiger charge is -2.14. The van der Waals surface area contributed by atoms with Gasteiger partial charge < -0.3 is 20.1 Å². The van der Waals surface area contributed by atoms with Crippen molar-refractivity contribution >= 4 is 29.0 Å². The molecule has 0 aliphatic carbocycles. The van der Waals surface area contributed by atoms with Gasteiger partial charge in [0.1, 0.15) is 5.75 Å². The van der Waals surface area contributed by atoms with Gasteiger partial charge in [0.2, 0.25) is 0 Å². The zero-order valence-corrected chi connectivity index (χ0v) is 16.1. The third-order valence-electron chi connectivity index (χ3n) is 3.66. The predicted octanol–water partition coefficient (Wildman–Crippen LogP) is 4.06. The molecule has 2 aromatic rings. The van der Waals surface area contributed by atoms with Crippen molar-refractivity contribution in [1.29, 1.82) is 0 Å². The number of thiocarbonyl (C=S) groups is 1. The van der Waals surface area contributed by atoms with Crippen molar-refractivity contribution in [2.75, 3.05) is 18.5 Å². The Labute approximate surface area is 159 Å². The van der Waals surface area contributed by atoms with E-state index in [-0.39, 0.29) is 5.97 Å². The van der Waals surface area contributed by atoms with Crippen molar-refractivity contribution < 1.29 is 14.3 Å². The third kappa shape index (κ3) is 5.74. The highest BCUT2D eigenvalue weighted by atomic mass is 32.1. The van der Waals surface area contributed by atoms with E-state index >= 15 is 0 Å². The number of carbonyl (C=O) groups excluding carboxylic acids is 1. The normalized spacial score (nSPS) is 10.1. The first kappa shape index (κ1) is 19.7. The van der Waals surface area contributed by atoms with Crippen LogP contribution in [0.4, 0.5) is 5.69 Å². The molecular weight excluding hydrogens is 348 g/mol. The Kier molecular flexibility index (Phi) is 7.41. The summed E-state index contributed by atoms with van der Waals surface area (Å²) in [6.45, 7) is 7.24. The van der Waals surface area contributed by atoms with Crippen LogP contribution in [0.5, 0.6) is 5.75 Å². The van der Waals surface area contributed by atoms with E-state index in [1.165, 1.54) is 0 Å². The van der Waals surface area contributed by atoms with Crippen LogP contribution in [-0.2, 0) is 11.3 Å². The Morgan fingerprint density at radius 2 is 1.92 bits per heavy atom. The SMILES string of the molecule is CCOC(=O)c1ccc(C)c(NC(=S)NCc2cccc(OCC)c2)c1. The maximum Gasteiger partial charge on any atom is 0.338 e. The number of hydrogen-bond acceptors (Lipinski definition) is 4. The smallest absolute Gasteiger partial charge is 0.338 e. The van der Waals surface area contributed by atoms with Crippen molar-refractivity contribution in [1.82, 2.24) is 5.32 Å². The van der Waals surface area contributed by atoms with Crippen LogP contribution in [0.2, 0.25) is 0 Å². The Bertz CT molecular complexity index is 777. The van der Waals surface area contributed by atoms with Crippen molar-refractivity contribution in [2.24, 2.45) is 0 Å². The predicted molar refractivity (Wildman–Crippen MR) is 108 cm³/mol. The molecule has 138 valence electrons. The van der Waals surface area contributed by atoms with E-state index in [9.17, 15) is 4.79 Å². The van der Waals surface area contributed by atoms with Crippen LogP contribution < -0.4 is 15.4 Å². The van der Waals surface area contributed by atoms with Gasteiger partial charge in [-0.2, -0.15) is 0 Å². The van der Waals surface area contributed by atoms with Gasteiger partial charge in [0.05, 0.1) is 18.8 Å². The van der Waals surface area contributed by atoms with Crippen LogP contribution in [0.3, 0.4) is 0 Å². The summed E-state index contributed by atoms with van der Waals surface area (Å²) in [6, 6.07) is 13.2. The lowest BCUT2D eigenvalue weighted by molar-refractivity contribution is 0.0526. The van der Waals surface area contributed by atoms with Crippen LogP contribution in [-0.4, -0.2) is 24.3 Å². The molecular formula is C20H24N2O3S. The van der Waals surface area contributed by atoms with Gasteiger partial charge >= 0.3 is 5.97 Å². The number of rotatable bonds is 7. The first-order valence-electron chi connectivity index (χ1n) is 8.57. The second-order valence-corrected chi connectivity index (χ2v) is 6.05. The molecule has 0 fully saturated rings. The average Bonchev–Trinajstić information content (AvgIpc) is 2.63. The Balaban J connectivity index is 1.98. The topological polar surface area (TPSA) is 59.6 Å². The van der Waals surface area contributed by atoms with Crippen molar-refractivity contribution in [3.8, 4) is 5.75 Å². The number of hydrogen-bond donors (Lipinski definition) is 2. The molecule has 0 atom stereocenters. The van der Waals surface area contributed by atoms with Crippen molar-refractivity contribution in [3.63, 3.8) is 0 Å². The standard InChI is InChI=1S/C20H24N2O3S/c1-4-24-17-8-6-7-15(11-17)13-21-20(26)22-18-12-16(10-9-14(18)3)19(23)25-5-2/h6-12H,4-5,13H2,1-3H3,(H2,21,22,26). The fourth-order valence-corrected chi connectivity index (χ4v) is 2.54. The summed E-state index contributed by atoms with van der Waals surface area (Å²) < 4.78 is 10.5. The van der Waals surface area contributed by atoms with Gasteiger partial charge in [0.25, 0.3) is 0 Å². The fraction of sp³-hybridized carbons (Fsp3) is 0.300. The van der Waals surface area contributed by atoms with E-state index in [1.54, 1.807) is 19.1 Å². The van der Waals surface area contributed by atoms with Gasteiger partial charge in [0.15, 0.2) is 5.11 Å². The summed E-state index contributed by atoms with van der Waals surface area (Å²) in [6.07, 6.45) is 0. The summed E-state index contributed by atoms with van der Waals surface area (Å²) in [7, 11) is 0. The van der Waals surface area contributed by atoms with Gasteiger partial charge in [0, 0.05) is 12.2 Å². The average molecular weight is 372 g/mol. The summed E-state index contributed by atoms with van der Waals surface area (Å²) in [5.74, 6) is 0.492. The van der Waals surface area contributed by atoms with Gasteiger partial charge in [-0.3, -0.25) is 0 Å². The van der Waals surface area contributed by atoms with Crippen LogP contribution in [0.15, 0.2) is 42.5 Å². The van der Waals surface area contributed by atoms with Crippen LogP contribution in [0.1, 0.15) is 35.3 Å². The van der Waals surface area contributed by atoms with Gasteiger partial charge in [-0.25, -0.2) is 4.79 Å². The number of benzene rings is 2. The number of anilines is 1. The first-order chi connectivity index (χ1) is 12.5. The fourth-order valence-electron chi connectivity index (χ4n) is 2.36. The van der Waals surface area contributed by atoms with Gasteiger partial charge in [-0.05, 0) is 68.4 Å². The molecule has 0 unspecified atom stereocenters. The van der Waals surface area contributed by atoms with Crippen LogP contribution >= 0.6 is 12.2 Å². The maximum atomic E-state index is 11.9. The number of ether oxygens (including phenoxy) is 2.